The van der Waals surface area contributed by atoms with Crippen LogP contribution in [0.25, 0.3) is 0 Å². The smallest absolute Gasteiger partial charge is 0.251 e. The lowest BCUT2D eigenvalue weighted by Gasteiger charge is -2.15. The van der Waals surface area contributed by atoms with Crippen LogP contribution in [0.4, 0.5) is 14.5 Å². The number of carbonyl (C=O) groups is 2. The Balaban J connectivity index is 1.79. The first-order valence-corrected chi connectivity index (χ1v) is 7.60. The second-order valence-corrected chi connectivity index (χ2v) is 5.78. The lowest BCUT2D eigenvalue weighted by molar-refractivity contribution is -0.114. The summed E-state index contributed by atoms with van der Waals surface area (Å²) >= 11 is 0. The van der Waals surface area contributed by atoms with Crippen LogP contribution >= 0.6 is 0 Å². The van der Waals surface area contributed by atoms with Gasteiger partial charge in [0, 0.05) is 12.5 Å². The molecule has 6 heteroatoms. The standard InChI is InChI=1S/C18H16F2N2O2/c1-10(23)21-17-8-12(3-6-15(17)20)18(24)22-16-7-4-11-2-5-13(19)9-14(11)16/h2-3,5-6,8-9,16H,4,7H2,1H3,(H,21,23)(H,22,24)/t16-/m0/s1. The first-order valence-electron chi connectivity index (χ1n) is 7.60. The number of rotatable bonds is 3. The van der Waals surface area contributed by atoms with E-state index in [1.54, 1.807) is 6.07 Å². The molecule has 2 N–H and O–H groups in total. The highest BCUT2D eigenvalue weighted by Crippen LogP contribution is 2.32. The number of anilines is 1. The van der Waals surface area contributed by atoms with Crippen LogP contribution in [0.1, 0.15) is 40.9 Å². The Kier molecular flexibility index (Phi) is 4.29. The van der Waals surface area contributed by atoms with E-state index in [2.05, 4.69) is 10.6 Å². The summed E-state index contributed by atoms with van der Waals surface area (Å²) in [6.45, 7) is 1.26. The van der Waals surface area contributed by atoms with E-state index in [4.69, 9.17) is 0 Å². The van der Waals surface area contributed by atoms with Gasteiger partial charge in [0.25, 0.3) is 5.91 Å². The minimum atomic E-state index is -0.616. The SMILES string of the molecule is CC(=O)Nc1cc(C(=O)N[C@H]2CCc3ccc(F)cc32)ccc1F. The molecular weight excluding hydrogens is 314 g/mol. The minimum Gasteiger partial charge on any atom is -0.345 e. The average Bonchev–Trinajstić information content (AvgIpc) is 2.91. The predicted octanol–water partition coefficient (Wildman–Crippen LogP) is 3.34. The van der Waals surface area contributed by atoms with Crippen molar-refractivity contribution in [3.63, 3.8) is 0 Å². The van der Waals surface area contributed by atoms with Crippen LogP contribution in [0, 0.1) is 11.6 Å². The van der Waals surface area contributed by atoms with Crippen LogP contribution < -0.4 is 10.6 Å². The summed E-state index contributed by atoms with van der Waals surface area (Å²) in [7, 11) is 0. The molecule has 124 valence electrons. The molecule has 0 spiro atoms. The van der Waals surface area contributed by atoms with E-state index >= 15 is 0 Å². The van der Waals surface area contributed by atoms with Gasteiger partial charge >= 0.3 is 0 Å². The fraction of sp³-hybridized carbons (Fsp3) is 0.222. The molecule has 2 aromatic carbocycles. The highest BCUT2D eigenvalue weighted by molar-refractivity contribution is 5.97. The van der Waals surface area contributed by atoms with E-state index in [1.807, 2.05) is 0 Å². The molecule has 4 nitrogen and oxygen atoms in total. The van der Waals surface area contributed by atoms with Crippen molar-refractivity contribution in [2.75, 3.05) is 5.32 Å². The third-order valence-corrected chi connectivity index (χ3v) is 4.03. The van der Waals surface area contributed by atoms with E-state index < -0.39 is 17.6 Å². The maximum Gasteiger partial charge on any atom is 0.251 e. The summed E-state index contributed by atoms with van der Waals surface area (Å²) in [6, 6.07) is 8.04. The van der Waals surface area contributed by atoms with Crippen LogP contribution in [0.2, 0.25) is 0 Å². The van der Waals surface area contributed by atoms with Crippen molar-refractivity contribution in [2.24, 2.45) is 0 Å². The highest BCUT2D eigenvalue weighted by atomic mass is 19.1. The Labute approximate surface area is 137 Å². The van der Waals surface area contributed by atoms with Gasteiger partial charge in [-0.2, -0.15) is 0 Å². The number of fused-ring (bicyclic) bond motifs is 1. The second kappa shape index (κ2) is 6.39. The zero-order valence-corrected chi connectivity index (χ0v) is 13.0. The van der Waals surface area contributed by atoms with E-state index in [0.29, 0.717) is 6.42 Å². The van der Waals surface area contributed by atoms with Gasteiger partial charge < -0.3 is 10.6 Å². The van der Waals surface area contributed by atoms with E-state index in [-0.39, 0.29) is 23.1 Å². The molecule has 0 heterocycles. The normalized spacial score (nSPS) is 15.7. The van der Waals surface area contributed by atoms with Gasteiger partial charge in [-0.25, -0.2) is 8.78 Å². The molecule has 0 bridgehead atoms. The van der Waals surface area contributed by atoms with Crippen LogP contribution in [0.15, 0.2) is 36.4 Å². The maximum absolute atomic E-state index is 13.7. The molecule has 3 rings (SSSR count). The predicted molar refractivity (Wildman–Crippen MR) is 85.6 cm³/mol. The van der Waals surface area contributed by atoms with Gasteiger partial charge in [0.05, 0.1) is 11.7 Å². The van der Waals surface area contributed by atoms with Crippen LogP contribution in [0.3, 0.4) is 0 Å². The van der Waals surface area contributed by atoms with Gasteiger partial charge in [-0.3, -0.25) is 9.59 Å². The van der Waals surface area contributed by atoms with Crippen molar-refractivity contribution < 1.29 is 18.4 Å². The van der Waals surface area contributed by atoms with Gasteiger partial charge in [0.1, 0.15) is 11.6 Å². The number of halogens is 2. The van der Waals surface area contributed by atoms with Crippen LogP contribution in [-0.2, 0) is 11.2 Å². The molecule has 0 aromatic heterocycles. The second-order valence-electron chi connectivity index (χ2n) is 5.78. The Hall–Kier alpha value is -2.76. The Bertz CT molecular complexity index is 821. The van der Waals surface area contributed by atoms with Crippen LogP contribution in [0.5, 0.6) is 0 Å². The number of benzene rings is 2. The molecule has 0 saturated carbocycles. The number of nitrogens with one attached hydrogen (secondary N) is 2. The summed E-state index contributed by atoms with van der Waals surface area (Å²) in [6.07, 6.45) is 1.45. The van der Waals surface area contributed by atoms with E-state index in [9.17, 15) is 18.4 Å². The molecule has 2 amide bonds. The monoisotopic (exact) mass is 330 g/mol. The van der Waals surface area contributed by atoms with E-state index in [0.717, 1.165) is 23.6 Å². The molecule has 0 radical (unpaired) electrons. The number of carbonyl (C=O) groups excluding carboxylic acids is 2. The van der Waals surface area contributed by atoms with Crippen molar-refractivity contribution >= 4 is 17.5 Å². The summed E-state index contributed by atoms with van der Waals surface area (Å²) in [5.74, 6) is -1.78. The van der Waals surface area contributed by atoms with E-state index in [1.165, 1.54) is 31.2 Å². The molecule has 0 aliphatic heterocycles. The number of amides is 2. The van der Waals surface area contributed by atoms with Crippen molar-refractivity contribution in [1.29, 1.82) is 0 Å². The summed E-state index contributed by atoms with van der Waals surface area (Å²) in [4.78, 5) is 23.5. The number of hydrogen-bond acceptors (Lipinski definition) is 2. The van der Waals surface area contributed by atoms with Crippen molar-refractivity contribution in [3.05, 3.63) is 64.7 Å². The molecule has 1 atom stereocenters. The van der Waals surface area contributed by atoms with Crippen molar-refractivity contribution in [2.45, 2.75) is 25.8 Å². The number of hydrogen-bond donors (Lipinski definition) is 2. The molecular formula is C18H16F2N2O2. The Morgan fingerprint density at radius 2 is 1.92 bits per heavy atom. The summed E-state index contributed by atoms with van der Waals surface area (Å²) in [5, 5.41) is 5.18. The first kappa shape index (κ1) is 16.1. The molecule has 0 unspecified atom stereocenters. The summed E-state index contributed by atoms with van der Waals surface area (Å²) in [5.41, 5.74) is 1.96. The van der Waals surface area contributed by atoms with Gasteiger partial charge in [-0.15, -0.1) is 0 Å². The van der Waals surface area contributed by atoms with Gasteiger partial charge in [-0.05, 0) is 54.3 Å². The lowest BCUT2D eigenvalue weighted by atomic mass is 10.1. The third-order valence-electron chi connectivity index (χ3n) is 4.03. The minimum absolute atomic E-state index is 0.0481. The zero-order valence-electron chi connectivity index (χ0n) is 13.0. The lowest BCUT2D eigenvalue weighted by Crippen LogP contribution is -2.27. The largest absolute Gasteiger partial charge is 0.345 e. The molecule has 1 aliphatic rings. The van der Waals surface area contributed by atoms with Gasteiger partial charge in [0.15, 0.2) is 0 Å². The highest BCUT2D eigenvalue weighted by Gasteiger charge is 2.25. The average molecular weight is 330 g/mol. The third kappa shape index (κ3) is 3.27. The maximum atomic E-state index is 13.7. The molecule has 24 heavy (non-hydrogen) atoms. The molecule has 0 fully saturated rings. The quantitative estimate of drug-likeness (QED) is 0.907. The zero-order chi connectivity index (χ0) is 17.3. The van der Waals surface area contributed by atoms with Gasteiger partial charge in [-0.1, -0.05) is 6.07 Å². The topological polar surface area (TPSA) is 58.2 Å². The molecule has 1 aliphatic carbocycles. The Morgan fingerprint density at radius 1 is 1.12 bits per heavy atom. The van der Waals surface area contributed by atoms with Crippen molar-refractivity contribution in [3.8, 4) is 0 Å². The fourth-order valence-corrected chi connectivity index (χ4v) is 2.92. The first-order chi connectivity index (χ1) is 11.4. The number of aryl methyl sites for hydroxylation is 1. The fourth-order valence-electron chi connectivity index (χ4n) is 2.92. The molecule has 0 saturated heterocycles. The molecule has 2 aromatic rings. The Morgan fingerprint density at radius 3 is 2.67 bits per heavy atom. The summed E-state index contributed by atoms with van der Waals surface area (Å²) < 4.78 is 27.1. The van der Waals surface area contributed by atoms with Crippen molar-refractivity contribution in [1.82, 2.24) is 5.32 Å². The van der Waals surface area contributed by atoms with Gasteiger partial charge in [0.2, 0.25) is 5.91 Å². The van der Waals surface area contributed by atoms with Crippen LogP contribution in [-0.4, -0.2) is 11.8 Å².